The summed E-state index contributed by atoms with van der Waals surface area (Å²) in [7, 11) is 0. The average molecular weight is 517 g/mol. The number of benzene rings is 1. The van der Waals surface area contributed by atoms with Crippen molar-refractivity contribution in [3.05, 3.63) is 29.8 Å². The Bertz CT molecular complexity index is 657. The van der Waals surface area contributed by atoms with E-state index in [4.69, 9.17) is 9.73 Å². The molecule has 0 aliphatic carbocycles. The van der Waals surface area contributed by atoms with E-state index in [1.807, 2.05) is 17.0 Å². The van der Waals surface area contributed by atoms with Gasteiger partial charge in [-0.15, -0.1) is 24.0 Å². The SMILES string of the molecule is CCNC(=NCc1ccc(O)cc1)N1CCN(CC(=O)N2CCOCC2)CC1.I. The fourth-order valence-electron chi connectivity index (χ4n) is 3.42. The molecule has 0 spiro atoms. The van der Waals surface area contributed by atoms with E-state index >= 15 is 0 Å². The van der Waals surface area contributed by atoms with Crippen LogP contribution in [0, 0.1) is 0 Å². The van der Waals surface area contributed by atoms with Gasteiger partial charge in [0.05, 0.1) is 26.3 Å². The van der Waals surface area contributed by atoms with E-state index < -0.39 is 0 Å². The predicted molar refractivity (Wildman–Crippen MR) is 124 cm³/mol. The highest BCUT2D eigenvalue weighted by molar-refractivity contribution is 14.0. The number of hydrogen-bond acceptors (Lipinski definition) is 5. The Morgan fingerprint density at radius 3 is 2.34 bits per heavy atom. The number of amides is 1. The number of nitrogens with zero attached hydrogens (tertiary/aromatic N) is 4. The van der Waals surface area contributed by atoms with Crippen LogP contribution >= 0.6 is 24.0 Å². The zero-order valence-electron chi connectivity index (χ0n) is 17.0. The molecule has 2 N–H and O–H groups in total. The van der Waals surface area contributed by atoms with Crippen molar-refractivity contribution in [3.8, 4) is 5.75 Å². The van der Waals surface area contributed by atoms with Crippen molar-refractivity contribution in [2.75, 3.05) is 65.6 Å². The molecule has 0 unspecified atom stereocenters. The summed E-state index contributed by atoms with van der Waals surface area (Å²) < 4.78 is 5.32. The molecule has 0 bridgehead atoms. The topological polar surface area (TPSA) is 80.6 Å². The van der Waals surface area contributed by atoms with E-state index in [1.54, 1.807) is 12.1 Å². The fourth-order valence-corrected chi connectivity index (χ4v) is 3.42. The van der Waals surface area contributed by atoms with E-state index in [2.05, 4.69) is 22.0 Å². The molecule has 2 saturated heterocycles. The molecule has 0 radical (unpaired) electrons. The first kappa shape index (κ1) is 23.7. The van der Waals surface area contributed by atoms with E-state index in [0.29, 0.717) is 39.4 Å². The summed E-state index contributed by atoms with van der Waals surface area (Å²) in [5, 5.41) is 12.8. The Balaban J connectivity index is 0.00000300. The monoisotopic (exact) mass is 517 g/mol. The molecule has 0 atom stereocenters. The third-order valence-corrected chi connectivity index (χ3v) is 5.08. The second-order valence-corrected chi connectivity index (χ2v) is 7.09. The maximum atomic E-state index is 12.4. The summed E-state index contributed by atoms with van der Waals surface area (Å²) in [4.78, 5) is 23.5. The Morgan fingerprint density at radius 1 is 1.07 bits per heavy atom. The van der Waals surface area contributed by atoms with E-state index in [1.165, 1.54) is 0 Å². The number of guanidine groups is 1. The van der Waals surface area contributed by atoms with Gasteiger partial charge in [0, 0.05) is 45.8 Å². The smallest absolute Gasteiger partial charge is 0.236 e. The van der Waals surface area contributed by atoms with Crippen LogP contribution in [0.4, 0.5) is 0 Å². The standard InChI is InChI=1S/C20H31N5O3.HI/c1-2-21-20(22-15-17-3-5-18(26)6-4-17)25-9-7-23(8-10-25)16-19(27)24-11-13-28-14-12-24;/h3-6,26H,2,7-16H2,1H3,(H,21,22);1H. The first-order valence-corrected chi connectivity index (χ1v) is 10.0. The second kappa shape index (κ2) is 12.2. The normalized spacial score (nSPS) is 18.3. The molecule has 2 aliphatic heterocycles. The lowest BCUT2D eigenvalue weighted by atomic mass is 10.2. The number of aliphatic imine (C=N–C) groups is 1. The first-order chi connectivity index (χ1) is 13.7. The van der Waals surface area contributed by atoms with Crippen LogP contribution < -0.4 is 5.32 Å². The minimum absolute atomic E-state index is 0. The minimum atomic E-state index is 0. The van der Waals surface area contributed by atoms with Gasteiger partial charge >= 0.3 is 0 Å². The van der Waals surface area contributed by atoms with Gasteiger partial charge in [0.15, 0.2) is 5.96 Å². The number of piperazine rings is 1. The molecule has 29 heavy (non-hydrogen) atoms. The zero-order chi connectivity index (χ0) is 19.8. The zero-order valence-corrected chi connectivity index (χ0v) is 19.4. The van der Waals surface area contributed by atoms with Gasteiger partial charge in [-0.1, -0.05) is 12.1 Å². The van der Waals surface area contributed by atoms with Crippen LogP contribution in [0.15, 0.2) is 29.3 Å². The molecule has 3 rings (SSSR count). The lowest BCUT2D eigenvalue weighted by molar-refractivity contribution is -0.136. The van der Waals surface area contributed by atoms with Gasteiger partial charge in [0.2, 0.25) is 5.91 Å². The van der Waals surface area contributed by atoms with Gasteiger partial charge in [-0.05, 0) is 24.6 Å². The maximum absolute atomic E-state index is 12.4. The van der Waals surface area contributed by atoms with E-state index in [0.717, 1.165) is 44.2 Å². The molecule has 0 saturated carbocycles. The van der Waals surface area contributed by atoms with Crippen LogP contribution in [0.5, 0.6) is 5.75 Å². The molecule has 2 heterocycles. The number of morpholine rings is 1. The molecule has 1 aromatic rings. The van der Waals surface area contributed by atoms with E-state index in [-0.39, 0.29) is 35.6 Å². The maximum Gasteiger partial charge on any atom is 0.236 e. The highest BCUT2D eigenvalue weighted by atomic mass is 127. The second-order valence-electron chi connectivity index (χ2n) is 7.09. The summed E-state index contributed by atoms with van der Waals surface area (Å²) in [6.45, 7) is 9.99. The quantitative estimate of drug-likeness (QED) is 0.344. The molecule has 2 fully saturated rings. The highest BCUT2D eigenvalue weighted by Crippen LogP contribution is 2.11. The third kappa shape index (κ3) is 7.31. The summed E-state index contributed by atoms with van der Waals surface area (Å²) >= 11 is 0. The van der Waals surface area contributed by atoms with Crippen LogP contribution in [0.25, 0.3) is 0 Å². The fraction of sp³-hybridized carbons (Fsp3) is 0.600. The Morgan fingerprint density at radius 2 is 1.72 bits per heavy atom. The van der Waals surface area contributed by atoms with Crippen molar-refractivity contribution in [1.29, 1.82) is 0 Å². The number of nitrogens with one attached hydrogen (secondary N) is 1. The summed E-state index contributed by atoms with van der Waals surface area (Å²) in [6.07, 6.45) is 0. The highest BCUT2D eigenvalue weighted by Gasteiger charge is 2.24. The van der Waals surface area contributed by atoms with Gasteiger partial charge in [-0.25, -0.2) is 4.99 Å². The molecule has 9 heteroatoms. The molecule has 162 valence electrons. The van der Waals surface area contributed by atoms with Gasteiger partial charge < -0.3 is 25.0 Å². The average Bonchev–Trinajstić information content (AvgIpc) is 2.73. The van der Waals surface area contributed by atoms with Crippen molar-refractivity contribution in [1.82, 2.24) is 20.0 Å². The Hall–Kier alpha value is -1.59. The van der Waals surface area contributed by atoms with Crippen LogP contribution in [-0.2, 0) is 16.1 Å². The number of halogens is 1. The van der Waals surface area contributed by atoms with Crippen LogP contribution in [0.1, 0.15) is 12.5 Å². The number of carbonyl (C=O) groups excluding carboxylic acids is 1. The molecule has 8 nitrogen and oxygen atoms in total. The molecular formula is C20H32IN5O3. The van der Waals surface area contributed by atoms with E-state index in [9.17, 15) is 9.90 Å². The van der Waals surface area contributed by atoms with Gasteiger partial charge in [-0.2, -0.15) is 0 Å². The number of aromatic hydroxyl groups is 1. The Kier molecular flexibility index (Phi) is 9.95. The van der Waals surface area contributed by atoms with Crippen molar-refractivity contribution >= 4 is 35.8 Å². The third-order valence-electron chi connectivity index (χ3n) is 5.08. The van der Waals surface area contributed by atoms with Crippen molar-refractivity contribution in [2.24, 2.45) is 4.99 Å². The van der Waals surface area contributed by atoms with Crippen LogP contribution in [-0.4, -0.2) is 97.2 Å². The van der Waals surface area contributed by atoms with Crippen LogP contribution in [0.2, 0.25) is 0 Å². The molecule has 0 aromatic heterocycles. The molecule has 1 amide bonds. The lowest BCUT2D eigenvalue weighted by Gasteiger charge is -2.37. The first-order valence-electron chi connectivity index (χ1n) is 10.0. The summed E-state index contributed by atoms with van der Waals surface area (Å²) in [5.41, 5.74) is 1.06. The minimum Gasteiger partial charge on any atom is -0.508 e. The molecular weight excluding hydrogens is 485 g/mol. The summed E-state index contributed by atoms with van der Waals surface area (Å²) in [5.74, 6) is 1.36. The van der Waals surface area contributed by atoms with Crippen molar-refractivity contribution < 1.29 is 14.6 Å². The number of carbonyl (C=O) groups is 1. The number of ether oxygens (including phenoxy) is 1. The van der Waals surface area contributed by atoms with Crippen LogP contribution in [0.3, 0.4) is 0 Å². The lowest BCUT2D eigenvalue weighted by Crippen LogP contribution is -2.54. The summed E-state index contributed by atoms with van der Waals surface area (Å²) in [6, 6.07) is 7.14. The van der Waals surface area contributed by atoms with Gasteiger partial charge in [-0.3, -0.25) is 9.69 Å². The van der Waals surface area contributed by atoms with Crippen molar-refractivity contribution in [2.45, 2.75) is 13.5 Å². The molecule has 1 aromatic carbocycles. The van der Waals surface area contributed by atoms with Gasteiger partial charge in [0.25, 0.3) is 0 Å². The predicted octanol–water partition coefficient (Wildman–Crippen LogP) is 0.952. The number of hydrogen-bond donors (Lipinski definition) is 2. The Labute approximate surface area is 189 Å². The molecule has 2 aliphatic rings. The largest absolute Gasteiger partial charge is 0.508 e. The number of phenols is 1. The number of rotatable bonds is 5. The van der Waals surface area contributed by atoms with Crippen molar-refractivity contribution in [3.63, 3.8) is 0 Å². The number of phenolic OH excluding ortho intramolecular Hbond substituents is 1. The van der Waals surface area contributed by atoms with Gasteiger partial charge in [0.1, 0.15) is 5.75 Å².